The van der Waals surface area contributed by atoms with Gasteiger partial charge in [0, 0.05) is 30.3 Å². The summed E-state index contributed by atoms with van der Waals surface area (Å²) in [6.45, 7) is 1.26. The van der Waals surface area contributed by atoms with E-state index in [1.54, 1.807) is 12.1 Å². The number of hydrogen-bond acceptors (Lipinski definition) is 5. The fourth-order valence-corrected chi connectivity index (χ4v) is 5.20. The molecule has 35 heavy (non-hydrogen) atoms. The zero-order valence-electron chi connectivity index (χ0n) is 19.1. The van der Waals surface area contributed by atoms with Crippen LogP contribution in [0.3, 0.4) is 0 Å². The van der Waals surface area contributed by atoms with Crippen LogP contribution in [-0.4, -0.2) is 45.8 Å². The van der Waals surface area contributed by atoms with Crippen molar-refractivity contribution >= 4 is 28.6 Å². The second-order valence-corrected chi connectivity index (χ2v) is 9.20. The number of rotatable bonds is 2. The van der Waals surface area contributed by atoms with Crippen LogP contribution in [0.25, 0.3) is 22.7 Å². The largest absolute Gasteiger partial charge is 0.488 e. The van der Waals surface area contributed by atoms with Gasteiger partial charge in [-0.15, -0.1) is 0 Å². The van der Waals surface area contributed by atoms with E-state index in [1.165, 1.54) is 18.2 Å². The van der Waals surface area contributed by atoms with Crippen molar-refractivity contribution in [3.8, 4) is 5.75 Å². The van der Waals surface area contributed by atoms with E-state index >= 15 is 0 Å². The lowest BCUT2D eigenvalue weighted by Gasteiger charge is -2.18. The maximum Gasteiger partial charge on any atom is 0.201 e. The molecule has 1 aromatic heterocycles. The molecule has 8 heteroatoms. The summed E-state index contributed by atoms with van der Waals surface area (Å²) >= 11 is 0. The molecule has 3 heterocycles. The van der Waals surface area contributed by atoms with E-state index in [0.29, 0.717) is 47.0 Å². The normalized spacial score (nSPS) is 21.1. The Labute approximate surface area is 200 Å². The average molecular weight is 475 g/mol. The number of aliphatic hydroxyl groups excluding tert-OH is 1. The van der Waals surface area contributed by atoms with Gasteiger partial charge in [-0.05, 0) is 60.2 Å². The van der Waals surface area contributed by atoms with E-state index in [4.69, 9.17) is 10.5 Å². The van der Waals surface area contributed by atoms with E-state index < -0.39 is 11.9 Å². The minimum Gasteiger partial charge on any atom is -0.488 e. The Balaban J connectivity index is 1.50. The molecular weight excluding hydrogens is 450 g/mol. The number of aromatic nitrogens is 2. The van der Waals surface area contributed by atoms with Crippen LogP contribution in [0.4, 0.5) is 14.7 Å². The van der Waals surface area contributed by atoms with Gasteiger partial charge in [-0.1, -0.05) is 18.2 Å². The molecular formula is C27H24F2N4O2. The van der Waals surface area contributed by atoms with Crippen LogP contribution in [0, 0.1) is 11.6 Å². The molecule has 1 fully saturated rings. The Hall–Kier alpha value is -3.75. The fourth-order valence-electron chi connectivity index (χ4n) is 5.20. The molecule has 1 saturated heterocycles. The number of ether oxygens (including phenoxy) is 1. The van der Waals surface area contributed by atoms with Gasteiger partial charge in [0.15, 0.2) is 0 Å². The highest BCUT2D eigenvalue weighted by molar-refractivity contribution is 5.96. The van der Waals surface area contributed by atoms with Gasteiger partial charge in [-0.25, -0.2) is 13.8 Å². The number of likely N-dealkylation sites (tertiary alicyclic amines) is 1. The topological polar surface area (TPSA) is 76.5 Å². The summed E-state index contributed by atoms with van der Waals surface area (Å²) in [6, 6.07) is 14.8. The molecule has 2 atom stereocenters. The van der Waals surface area contributed by atoms with Crippen molar-refractivity contribution in [2.24, 2.45) is 0 Å². The lowest BCUT2D eigenvalue weighted by Crippen LogP contribution is -2.23. The maximum absolute atomic E-state index is 14.7. The predicted octanol–water partition coefficient (Wildman–Crippen LogP) is 4.23. The predicted molar refractivity (Wildman–Crippen MR) is 131 cm³/mol. The Morgan fingerprint density at radius 3 is 2.74 bits per heavy atom. The zero-order chi connectivity index (χ0) is 24.3. The number of β-amino-alcohol motifs (C(OH)–C–C–N with tert-alkyl or cyclic N) is 1. The smallest absolute Gasteiger partial charge is 0.201 e. The molecule has 0 spiro atoms. The summed E-state index contributed by atoms with van der Waals surface area (Å²) < 4.78 is 36.3. The number of imidazole rings is 1. The molecule has 0 bridgehead atoms. The molecule has 0 aliphatic carbocycles. The van der Waals surface area contributed by atoms with Crippen molar-refractivity contribution in [1.82, 2.24) is 14.5 Å². The third kappa shape index (κ3) is 3.66. The van der Waals surface area contributed by atoms with Gasteiger partial charge in [0.25, 0.3) is 0 Å². The second kappa shape index (κ2) is 8.18. The molecule has 0 saturated carbocycles. The van der Waals surface area contributed by atoms with Gasteiger partial charge >= 0.3 is 0 Å². The standard InChI is InChI=1S/C27H24F2N4O2/c1-32-12-24(25(34)13-32)33-23-8-5-15(10-22(23)31-27(33)30)9-19-17-3-2-4-21(29)20(17)14-35-26-11-16(28)6-7-18(19)26/h2-11,24-25,34H,12-14H2,1H3,(H2,30,31)/b19-9+/t24?,25-/m1/s1. The SMILES string of the molecule is CN1CC(n2c(N)nc3cc(/C=C4/c5ccc(F)cc5OCc5c(F)cccc54)ccc32)[C@H](O)C1. The molecule has 178 valence electrons. The summed E-state index contributed by atoms with van der Waals surface area (Å²) in [6.07, 6.45) is 1.40. The highest BCUT2D eigenvalue weighted by Crippen LogP contribution is 2.39. The third-order valence-corrected chi connectivity index (χ3v) is 6.84. The Morgan fingerprint density at radius 2 is 1.94 bits per heavy atom. The minimum absolute atomic E-state index is 0.00787. The highest BCUT2D eigenvalue weighted by atomic mass is 19.1. The summed E-state index contributed by atoms with van der Waals surface area (Å²) in [4.78, 5) is 6.61. The minimum atomic E-state index is -0.532. The Bertz CT molecular complexity index is 1500. The van der Waals surface area contributed by atoms with E-state index in [2.05, 4.69) is 9.88 Å². The first-order valence-corrected chi connectivity index (χ1v) is 11.5. The van der Waals surface area contributed by atoms with Crippen LogP contribution in [0.15, 0.2) is 54.6 Å². The number of aliphatic hydroxyl groups is 1. The van der Waals surface area contributed by atoms with Gasteiger partial charge in [0.1, 0.15) is 24.0 Å². The first-order valence-electron chi connectivity index (χ1n) is 11.5. The number of benzene rings is 3. The molecule has 0 amide bonds. The third-order valence-electron chi connectivity index (χ3n) is 6.84. The van der Waals surface area contributed by atoms with Crippen molar-refractivity contribution in [3.63, 3.8) is 0 Å². The maximum atomic E-state index is 14.7. The van der Waals surface area contributed by atoms with Crippen LogP contribution in [0.1, 0.15) is 28.3 Å². The van der Waals surface area contributed by atoms with Crippen LogP contribution < -0.4 is 10.5 Å². The van der Waals surface area contributed by atoms with Gasteiger partial charge in [0.05, 0.1) is 23.2 Å². The van der Waals surface area contributed by atoms with Crippen LogP contribution in [0.2, 0.25) is 0 Å². The van der Waals surface area contributed by atoms with Crippen LogP contribution in [-0.2, 0) is 6.61 Å². The molecule has 3 N–H and O–H groups in total. The lowest BCUT2D eigenvalue weighted by molar-refractivity contribution is 0.148. The summed E-state index contributed by atoms with van der Waals surface area (Å²) in [5.74, 6) is -0.0820. The summed E-state index contributed by atoms with van der Waals surface area (Å²) in [5.41, 5.74) is 11.1. The number of anilines is 1. The molecule has 4 aromatic rings. The number of hydrogen-bond donors (Lipinski definition) is 2. The van der Waals surface area contributed by atoms with Gasteiger partial charge < -0.3 is 25.0 Å². The van der Waals surface area contributed by atoms with Gasteiger partial charge in [-0.3, -0.25) is 0 Å². The van der Waals surface area contributed by atoms with Crippen molar-refractivity contribution in [3.05, 3.63) is 88.5 Å². The number of nitrogen functional groups attached to an aromatic ring is 1. The molecule has 3 aromatic carbocycles. The Morgan fingerprint density at radius 1 is 1.09 bits per heavy atom. The first-order chi connectivity index (χ1) is 16.9. The summed E-state index contributed by atoms with van der Waals surface area (Å²) in [7, 11) is 1.96. The molecule has 6 rings (SSSR count). The van der Waals surface area contributed by atoms with E-state index in [9.17, 15) is 13.9 Å². The molecule has 1 unspecified atom stereocenters. The number of nitrogens with two attached hydrogens (primary N) is 1. The quantitative estimate of drug-likeness (QED) is 0.455. The monoisotopic (exact) mass is 474 g/mol. The molecule has 6 nitrogen and oxygen atoms in total. The fraction of sp³-hybridized carbons (Fsp3) is 0.222. The van der Waals surface area contributed by atoms with Crippen LogP contribution >= 0.6 is 0 Å². The molecule has 0 radical (unpaired) electrons. The number of likely N-dealkylation sites (N-methyl/N-ethyl adjacent to an activating group) is 1. The van der Waals surface area contributed by atoms with Crippen molar-refractivity contribution in [2.75, 3.05) is 25.9 Å². The first kappa shape index (κ1) is 21.8. The number of fused-ring (bicyclic) bond motifs is 3. The second-order valence-electron chi connectivity index (χ2n) is 9.20. The van der Waals surface area contributed by atoms with Crippen molar-refractivity contribution < 1.29 is 18.6 Å². The number of nitrogens with zero attached hydrogens (tertiary/aromatic N) is 3. The Kier molecular flexibility index (Phi) is 5.09. The van der Waals surface area contributed by atoms with E-state index in [0.717, 1.165) is 16.7 Å². The van der Waals surface area contributed by atoms with E-state index in [1.807, 2.05) is 42.0 Å². The number of halogens is 2. The molecule has 2 aliphatic rings. The van der Waals surface area contributed by atoms with Crippen LogP contribution in [0.5, 0.6) is 5.75 Å². The van der Waals surface area contributed by atoms with Gasteiger partial charge in [0.2, 0.25) is 5.95 Å². The van der Waals surface area contributed by atoms with Crippen molar-refractivity contribution in [2.45, 2.75) is 18.8 Å². The highest BCUT2D eigenvalue weighted by Gasteiger charge is 2.33. The van der Waals surface area contributed by atoms with Gasteiger partial charge in [-0.2, -0.15) is 0 Å². The van der Waals surface area contributed by atoms with E-state index in [-0.39, 0.29) is 18.5 Å². The summed E-state index contributed by atoms with van der Waals surface area (Å²) in [5, 5.41) is 10.5. The zero-order valence-corrected chi connectivity index (χ0v) is 19.1. The lowest BCUT2D eigenvalue weighted by atomic mass is 9.92. The molecule has 2 aliphatic heterocycles. The average Bonchev–Trinajstić information content (AvgIpc) is 3.27. The van der Waals surface area contributed by atoms with Crippen molar-refractivity contribution in [1.29, 1.82) is 0 Å².